The number of methoxy groups -OCH3 is 2. The van der Waals surface area contributed by atoms with Crippen LogP contribution < -0.4 is 9.47 Å². The van der Waals surface area contributed by atoms with Crippen LogP contribution in [0.15, 0.2) is 64.8 Å². The maximum absolute atomic E-state index is 13.1. The van der Waals surface area contributed by atoms with Gasteiger partial charge in [-0.3, -0.25) is 9.59 Å². The molecule has 0 saturated carbocycles. The number of hydrogen-bond acceptors (Lipinski definition) is 7. The number of benzene rings is 2. The second kappa shape index (κ2) is 8.91. The number of rotatable bonds is 6. The number of Topliss-reactive ketones (excluding diaryl/α,β-unsaturated/α-hetero) is 1. The maximum Gasteiger partial charge on any atom is 0.296 e. The van der Waals surface area contributed by atoms with E-state index in [0.717, 1.165) is 0 Å². The number of ketones is 1. The second-order valence-corrected chi connectivity index (χ2v) is 7.69. The second-order valence-electron chi connectivity index (χ2n) is 7.29. The topological polar surface area (TPSA) is 109 Å². The summed E-state index contributed by atoms with van der Waals surface area (Å²) in [5.41, 5.74) is 0.497. The van der Waals surface area contributed by atoms with Gasteiger partial charge in [0, 0.05) is 5.56 Å². The van der Waals surface area contributed by atoms with Gasteiger partial charge in [0.15, 0.2) is 11.5 Å². The van der Waals surface area contributed by atoms with Crippen molar-refractivity contribution in [1.29, 1.82) is 0 Å². The van der Waals surface area contributed by atoms with E-state index < -0.39 is 23.5 Å². The zero-order valence-electron chi connectivity index (χ0n) is 17.7. The summed E-state index contributed by atoms with van der Waals surface area (Å²) in [6.07, 6.45) is 1.46. The SMILES string of the molecule is COc1ccc(C2/C(=C(/O)c3ccc(OC)c(Cl)c3)C(=O)C(=O)N2Cc2ccco2)cc1O. The summed E-state index contributed by atoms with van der Waals surface area (Å²) >= 11 is 6.20. The Balaban J connectivity index is 1.88. The van der Waals surface area contributed by atoms with Gasteiger partial charge in [0.25, 0.3) is 11.7 Å². The summed E-state index contributed by atoms with van der Waals surface area (Å²) in [6, 6.07) is 11.4. The van der Waals surface area contributed by atoms with Gasteiger partial charge in [0.05, 0.1) is 43.7 Å². The summed E-state index contributed by atoms with van der Waals surface area (Å²) in [7, 11) is 2.86. The zero-order chi connectivity index (χ0) is 23.7. The number of halogens is 1. The number of amides is 1. The molecule has 0 aliphatic carbocycles. The number of aliphatic hydroxyl groups excluding tert-OH is 1. The van der Waals surface area contributed by atoms with Crippen molar-refractivity contribution in [2.24, 2.45) is 0 Å². The molecule has 1 aromatic heterocycles. The summed E-state index contributed by atoms with van der Waals surface area (Å²) in [4.78, 5) is 27.3. The fourth-order valence-corrected chi connectivity index (χ4v) is 4.06. The van der Waals surface area contributed by atoms with Crippen LogP contribution in [0.3, 0.4) is 0 Å². The van der Waals surface area contributed by atoms with Crippen LogP contribution in [0.5, 0.6) is 17.2 Å². The molecule has 3 aromatic rings. The van der Waals surface area contributed by atoms with Gasteiger partial charge < -0.3 is 29.0 Å². The first-order valence-electron chi connectivity index (χ1n) is 9.87. The first-order valence-corrected chi connectivity index (χ1v) is 10.2. The molecule has 1 saturated heterocycles. The van der Waals surface area contributed by atoms with E-state index in [1.54, 1.807) is 24.3 Å². The molecule has 4 rings (SSSR count). The summed E-state index contributed by atoms with van der Waals surface area (Å²) in [5.74, 6) is -1.19. The summed E-state index contributed by atoms with van der Waals surface area (Å²) in [6.45, 7) is -0.0187. The van der Waals surface area contributed by atoms with E-state index >= 15 is 0 Å². The average Bonchev–Trinajstić information content (AvgIpc) is 3.41. The molecule has 9 heteroatoms. The lowest BCUT2D eigenvalue weighted by Crippen LogP contribution is -2.29. The average molecular weight is 470 g/mol. The van der Waals surface area contributed by atoms with Crippen molar-refractivity contribution >= 4 is 29.1 Å². The molecule has 1 aliphatic heterocycles. The van der Waals surface area contributed by atoms with Crippen LogP contribution in [0.1, 0.15) is 22.9 Å². The molecule has 1 aliphatic rings. The fraction of sp³-hybridized carbons (Fsp3) is 0.167. The Kier molecular flexibility index (Phi) is 6.02. The number of carbonyl (C=O) groups is 2. The first-order chi connectivity index (χ1) is 15.8. The van der Waals surface area contributed by atoms with E-state index in [0.29, 0.717) is 17.1 Å². The molecular weight excluding hydrogens is 450 g/mol. The molecule has 0 bridgehead atoms. The Morgan fingerprint density at radius 2 is 1.82 bits per heavy atom. The smallest absolute Gasteiger partial charge is 0.296 e. The molecule has 33 heavy (non-hydrogen) atoms. The lowest BCUT2D eigenvalue weighted by atomic mass is 9.95. The van der Waals surface area contributed by atoms with E-state index in [1.807, 2.05) is 0 Å². The van der Waals surface area contributed by atoms with E-state index in [-0.39, 0.29) is 34.2 Å². The van der Waals surface area contributed by atoms with Gasteiger partial charge in [0.1, 0.15) is 17.3 Å². The molecule has 0 radical (unpaired) electrons. The molecule has 170 valence electrons. The van der Waals surface area contributed by atoms with E-state index in [1.165, 1.54) is 49.6 Å². The highest BCUT2D eigenvalue weighted by Gasteiger charge is 2.46. The van der Waals surface area contributed by atoms with Crippen LogP contribution in [0.4, 0.5) is 0 Å². The maximum atomic E-state index is 13.1. The Bertz CT molecular complexity index is 1250. The number of aliphatic hydroxyl groups is 1. The van der Waals surface area contributed by atoms with Crippen molar-refractivity contribution in [3.63, 3.8) is 0 Å². The van der Waals surface area contributed by atoms with Gasteiger partial charge in [0.2, 0.25) is 0 Å². The third-order valence-electron chi connectivity index (χ3n) is 5.39. The van der Waals surface area contributed by atoms with Gasteiger partial charge >= 0.3 is 0 Å². The van der Waals surface area contributed by atoms with E-state index in [2.05, 4.69) is 0 Å². The van der Waals surface area contributed by atoms with Crippen LogP contribution in [0.2, 0.25) is 5.02 Å². The molecule has 1 fully saturated rings. The van der Waals surface area contributed by atoms with E-state index in [9.17, 15) is 19.8 Å². The predicted molar refractivity (Wildman–Crippen MR) is 119 cm³/mol. The summed E-state index contributed by atoms with van der Waals surface area (Å²) in [5, 5.41) is 21.7. The van der Waals surface area contributed by atoms with Crippen LogP contribution >= 0.6 is 11.6 Å². The lowest BCUT2D eigenvalue weighted by molar-refractivity contribution is -0.140. The number of phenols is 1. The Labute approximate surface area is 194 Å². The number of carbonyl (C=O) groups excluding carboxylic acids is 2. The van der Waals surface area contributed by atoms with Crippen molar-refractivity contribution < 1.29 is 33.7 Å². The van der Waals surface area contributed by atoms with Crippen molar-refractivity contribution in [3.8, 4) is 17.2 Å². The highest BCUT2D eigenvalue weighted by Crippen LogP contribution is 2.43. The Hall–Kier alpha value is -3.91. The number of aromatic hydroxyl groups is 1. The molecule has 2 aromatic carbocycles. The lowest BCUT2D eigenvalue weighted by Gasteiger charge is -2.25. The largest absolute Gasteiger partial charge is 0.507 e. The Morgan fingerprint density at radius 1 is 1.09 bits per heavy atom. The van der Waals surface area contributed by atoms with Crippen LogP contribution in [-0.2, 0) is 16.1 Å². The van der Waals surface area contributed by atoms with Crippen molar-refractivity contribution in [3.05, 3.63) is 82.3 Å². The van der Waals surface area contributed by atoms with E-state index in [4.69, 9.17) is 25.5 Å². The number of furan rings is 1. The quantitative estimate of drug-likeness (QED) is 0.315. The molecule has 1 amide bonds. The van der Waals surface area contributed by atoms with Crippen LogP contribution in [0, 0.1) is 0 Å². The molecule has 0 spiro atoms. The number of ether oxygens (including phenoxy) is 2. The van der Waals surface area contributed by atoms with Crippen LogP contribution in [0.25, 0.3) is 5.76 Å². The molecule has 1 unspecified atom stereocenters. The third-order valence-corrected chi connectivity index (χ3v) is 5.69. The van der Waals surface area contributed by atoms with Crippen LogP contribution in [-0.4, -0.2) is 41.0 Å². The van der Waals surface area contributed by atoms with Crippen molar-refractivity contribution in [2.45, 2.75) is 12.6 Å². The minimum Gasteiger partial charge on any atom is -0.507 e. The fourth-order valence-electron chi connectivity index (χ4n) is 3.81. The number of nitrogens with zero attached hydrogens (tertiary/aromatic N) is 1. The number of phenolic OH excluding ortho intramolecular Hbond substituents is 1. The third kappa shape index (κ3) is 4.01. The standard InChI is InChI=1S/C24H20ClNO7/c1-31-18-7-6-14(10-16(18)25)22(28)20-21(13-5-8-19(32-2)17(27)11-13)26(24(30)23(20)29)12-15-4-3-9-33-15/h3-11,21,27-28H,12H2,1-2H3/b22-20-. The minimum absolute atomic E-state index is 0.0187. The van der Waals surface area contributed by atoms with Gasteiger partial charge in [-0.1, -0.05) is 17.7 Å². The normalized spacial score (nSPS) is 17.4. The molecule has 2 heterocycles. The Morgan fingerprint density at radius 3 is 2.42 bits per heavy atom. The molecule has 8 nitrogen and oxygen atoms in total. The van der Waals surface area contributed by atoms with Gasteiger partial charge in [-0.15, -0.1) is 0 Å². The number of likely N-dealkylation sites (tertiary alicyclic amines) is 1. The van der Waals surface area contributed by atoms with Crippen molar-refractivity contribution in [2.75, 3.05) is 14.2 Å². The molecule has 1 atom stereocenters. The monoisotopic (exact) mass is 469 g/mol. The zero-order valence-corrected chi connectivity index (χ0v) is 18.5. The van der Waals surface area contributed by atoms with Gasteiger partial charge in [-0.25, -0.2) is 0 Å². The highest BCUT2D eigenvalue weighted by molar-refractivity contribution is 6.46. The van der Waals surface area contributed by atoms with Gasteiger partial charge in [-0.05, 0) is 48.0 Å². The van der Waals surface area contributed by atoms with Crippen molar-refractivity contribution in [1.82, 2.24) is 4.90 Å². The highest BCUT2D eigenvalue weighted by atomic mass is 35.5. The minimum atomic E-state index is -0.993. The predicted octanol–water partition coefficient (Wildman–Crippen LogP) is 4.28. The molecular formula is C24H20ClNO7. The first kappa shape index (κ1) is 22.3. The summed E-state index contributed by atoms with van der Waals surface area (Å²) < 4.78 is 15.6. The molecule has 2 N–H and O–H groups in total. The number of hydrogen-bond donors (Lipinski definition) is 2. The van der Waals surface area contributed by atoms with Gasteiger partial charge in [-0.2, -0.15) is 0 Å².